The Morgan fingerprint density at radius 3 is 1.28 bits per heavy atom. The van der Waals surface area contributed by atoms with Crippen LogP contribution in [0, 0.1) is 123 Å². The van der Waals surface area contributed by atoms with Gasteiger partial charge in [-0.05, 0) is 323 Å². The molecule has 6 saturated heterocycles. The van der Waals surface area contributed by atoms with Gasteiger partial charge in [0.15, 0.2) is 0 Å². The summed E-state index contributed by atoms with van der Waals surface area (Å²) in [6.07, 6.45) is 34.7. The Balaban J connectivity index is 0.000000119. The summed E-state index contributed by atoms with van der Waals surface area (Å²) >= 11 is 0. The first-order chi connectivity index (χ1) is 54.2. The summed E-state index contributed by atoms with van der Waals surface area (Å²) in [7, 11) is 0. The van der Waals surface area contributed by atoms with Crippen LogP contribution in [0.4, 0.5) is 9.59 Å². The predicted octanol–water partition coefficient (Wildman–Crippen LogP) is 20.7. The number of ether oxygens (including phenoxy) is 5. The second-order valence-electron chi connectivity index (χ2n) is 43.6. The second kappa shape index (κ2) is 30.7. The Hall–Kier alpha value is -4.37. The van der Waals surface area contributed by atoms with E-state index < -0.39 is 0 Å². The molecule has 0 unspecified atom stereocenters. The van der Waals surface area contributed by atoms with E-state index in [0.29, 0.717) is 88.8 Å². The summed E-state index contributed by atoms with van der Waals surface area (Å²) in [6, 6.07) is 20.7. The van der Waals surface area contributed by atoms with Crippen LogP contribution in [0.25, 0.3) is 0 Å². The number of aliphatic hydroxyl groups is 2. The maximum absolute atomic E-state index is 13.5. The van der Waals surface area contributed by atoms with Crippen LogP contribution in [-0.4, -0.2) is 123 Å². The van der Waals surface area contributed by atoms with Gasteiger partial charge in [0.05, 0.1) is 59.4 Å². The topological polar surface area (TPSA) is 156 Å². The third kappa shape index (κ3) is 13.9. The molecule has 32 atom stereocenters. The van der Waals surface area contributed by atoms with Gasteiger partial charge in [-0.2, -0.15) is 0 Å². The average molecular weight is 1550 g/mol. The fraction of sp³-hybridized carbons (Fsp3) is 0.790. The fourth-order valence-electron chi connectivity index (χ4n) is 31.7. The standard InChI is InChI=1S/C36H51NO4.C36H49NO4.C28H45NO2/c2*1-22-16-32-33(37(20-22)34(39)40-21-25-8-6-5-7-9-25)24(3)36(41-32)15-13-28-29-11-10-26-17-27(38)12-14-35(26,4)31(29)18-30(28)23(2)19-36;1-16-11-25-26(29-15-16)18(3)28(31-25)10-8-21-22-6-5-19-12-20(30)7-9-27(19,4)24(22)13-23(21)17(2)14-28/h5-9,22,24,26-29,31-33,38H,10-21H2,1-4H3;5-9,22,24,26,28-29,31-33H,10-21H2,1-4H3;16,18-22,24-26,29-30H,5-15H2,1-4H3/t22-,24+,26+,27-,28-,29-,31-,32+,33-,35-,36-;22-,24+,26+,28-,29-,31-,32+,33-,35-,36-;16-,18+,19+,20-,21-,22-,24-,25+,26-,27-,28-/m000/s1. The van der Waals surface area contributed by atoms with E-state index in [-0.39, 0.29) is 77.3 Å². The highest BCUT2D eigenvalue weighted by molar-refractivity contribution is 5.79. The van der Waals surface area contributed by atoms with Gasteiger partial charge in [0.25, 0.3) is 0 Å². The van der Waals surface area contributed by atoms with Gasteiger partial charge in [0.2, 0.25) is 0 Å². The number of hydrogen-bond donors (Lipinski definition) is 3. The van der Waals surface area contributed by atoms with Crippen LogP contribution in [-0.2, 0) is 41.7 Å². The number of carbonyl (C=O) groups is 3. The minimum absolute atomic E-state index is 0.0387. The van der Waals surface area contributed by atoms with Gasteiger partial charge in [-0.3, -0.25) is 4.79 Å². The van der Waals surface area contributed by atoms with Crippen molar-refractivity contribution in [2.24, 2.45) is 123 Å². The number of nitrogens with one attached hydrogen (secondary N) is 1. The first kappa shape index (κ1) is 79.7. The molecule has 113 heavy (non-hydrogen) atoms. The van der Waals surface area contributed by atoms with E-state index in [1.165, 1.54) is 109 Å². The molecule has 620 valence electrons. The molecule has 0 aromatic heterocycles. The first-order valence-corrected chi connectivity index (χ1v) is 46.8. The molecule has 20 rings (SSSR count). The normalized spacial score (nSPS) is 47.9. The lowest BCUT2D eigenvalue weighted by molar-refractivity contribution is -0.129. The van der Waals surface area contributed by atoms with Crippen LogP contribution in [0.1, 0.15) is 287 Å². The van der Waals surface area contributed by atoms with Gasteiger partial charge >= 0.3 is 12.2 Å². The van der Waals surface area contributed by atoms with Crippen LogP contribution in [0.3, 0.4) is 0 Å². The molecule has 6 aliphatic heterocycles. The summed E-state index contributed by atoms with van der Waals surface area (Å²) < 4.78 is 33.1. The third-order valence-electron chi connectivity index (χ3n) is 37.8. The third-order valence-corrected chi connectivity index (χ3v) is 37.8. The Labute approximate surface area is 679 Å². The lowest BCUT2D eigenvalue weighted by atomic mass is 9.52. The molecule has 13 heteroatoms. The monoisotopic (exact) mass is 1550 g/mol. The van der Waals surface area contributed by atoms with E-state index in [4.69, 9.17) is 23.7 Å². The van der Waals surface area contributed by atoms with Gasteiger partial charge in [0, 0.05) is 49.7 Å². The van der Waals surface area contributed by atoms with Gasteiger partial charge in [-0.1, -0.05) is 156 Å². The maximum Gasteiger partial charge on any atom is 0.410 e. The molecule has 2 aromatic carbocycles. The van der Waals surface area contributed by atoms with Crippen LogP contribution < -0.4 is 5.32 Å². The number of carbonyl (C=O) groups excluding carboxylic acids is 3. The van der Waals surface area contributed by atoms with Crippen molar-refractivity contribution in [1.29, 1.82) is 0 Å². The Kier molecular flexibility index (Phi) is 21.7. The SMILES string of the molecule is CC1=C2C[C@H]3[C@@H](CC[C@@H]4CC(=O)CC[C@@]43C)[C@@H]2CC[C@@]2(C1)O[C@@H]1C[C@H](C)CN(C(=O)OCc3ccccc3)[C@H]1[C@H]2C.CC1=C2C[C@H]3[C@@H](CC[C@@H]4C[C@@H](O)CC[C@@]43C)[C@@H]2CC[C@@]2(C1)O[C@@H]1C[C@H](C)CN(C(=O)OCc3ccccc3)[C@H]1[C@H]2C.CC1=C2C[C@H]3[C@@H](CC[C@@H]4C[C@@H](O)CC[C@@]43C)[C@@H]2CC[C@@]2(C1)O[C@@H]1C[C@H](C)CN[C@H]1[C@H]2C. The number of benzene rings is 2. The fourth-order valence-corrected chi connectivity index (χ4v) is 31.7. The van der Waals surface area contributed by atoms with E-state index in [1.807, 2.05) is 76.0 Å². The molecule has 6 heterocycles. The summed E-state index contributed by atoms with van der Waals surface area (Å²) in [4.78, 5) is 43.4. The minimum atomic E-state index is -0.202. The first-order valence-electron chi connectivity index (χ1n) is 46.8. The van der Waals surface area contributed by atoms with Crippen molar-refractivity contribution in [2.45, 2.75) is 354 Å². The second-order valence-corrected chi connectivity index (χ2v) is 43.6. The van der Waals surface area contributed by atoms with E-state index in [2.05, 4.69) is 88.4 Å². The number of fused-ring (bicyclic) bond motifs is 18. The van der Waals surface area contributed by atoms with Crippen molar-refractivity contribution in [3.05, 3.63) is 105 Å². The lowest BCUT2D eigenvalue weighted by Crippen LogP contribution is -2.54. The highest BCUT2D eigenvalue weighted by atomic mass is 16.6. The number of likely N-dealkylation sites (tertiary alicyclic amines) is 2. The molecule has 13 nitrogen and oxygen atoms in total. The minimum Gasteiger partial charge on any atom is -0.445 e. The zero-order valence-corrected chi connectivity index (χ0v) is 71.6. The molecule has 3 spiro atoms. The maximum atomic E-state index is 13.5. The summed E-state index contributed by atoms with van der Waals surface area (Å²) in [5, 5.41) is 24.6. The van der Waals surface area contributed by atoms with E-state index in [1.54, 1.807) is 27.9 Å². The van der Waals surface area contributed by atoms with Crippen molar-refractivity contribution in [3.63, 3.8) is 0 Å². The summed E-state index contributed by atoms with van der Waals surface area (Å²) in [5.74, 6) is 12.2. The van der Waals surface area contributed by atoms with Gasteiger partial charge in [-0.25, -0.2) is 9.59 Å². The molecule has 15 fully saturated rings. The molecule has 0 radical (unpaired) electrons. The van der Waals surface area contributed by atoms with Crippen molar-refractivity contribution in [2.75, 3.05) is 19.6 Å². The molecule has 9 saturated carbocycles. The van der Waals surface area contributed by atoms with E-state index in [9.17, 15) is 24.6 Å². The lowest BCUT2D eigenvalue weighted by Gasteiger charge is -2.53. The summed E-state index contributed by atoms with van der Waals surface area (Å²) in [5.41, 5.74) is 13.1. The number of hydrogen-bond acceptors (Lipinski definition) is 11. The smallest absolute Gasteiger partial charge is 0.410 e. The Morgan fingerprint density at radius 1 is 0.460 bits per heavy atom. The molecule has 2 amide bonds. The van der Waals surface area contributed by atoms with Crippen LogP contribution in [0.15, 0.2) is 94.1 Å². The number of Topliss-reactive ketones (excluding diaryl/α,β-unsaturated/α-hetero) is 1. The zero-order chi connectivity index (χ0) is 78.6. The molecule has 2 aromatic rings. The number of amides is 2. The Morgan fingerprint density at radius 2 is 0.850 bits per heavy atom. The van der Waals surface area contributed by atoms with E-state index in [0.717, 1.165) is 167 Å². The highest BCUT2D eigenvalue weighted by Crippen LogP contribution is 2.70. The van der Waals surface area contributed by atoms with Gasteiger partial charge in [0.1, 0.15) is 19.0 Å². The zero-order valence-electron chi connectivity index (χ0n) is 71.6. The average Bonchev–Trinajstić information content (AvgIpc) is 1.58. The number of nitrogens with zero attached hydrogens (tertiary/aromatic N) is 2. The van der Waals surface area contributed by atoms with Crippen molar-refractivity contribution >= 4 is 18.0 Å². The number of rotatable bonds is 4. The number of aliphatic hydroxyl groups excluding tert-OH is 2. The number of piperidine rings is 3. The molecule has 12 aliphatic carbocycles. The molecule has 18 aliphatic rings. The number of ketones is 1. The molecule has 3 N–H and O–H groups in total. The van der Waals surface area contributed by atoms with Crippen molar-refractivity contribution in [1.82, 2.24) is 15.1 Å². The largest absolute Gasteiger partial charge is 0.445 e. The Bertz CT molecular complexity index is 3950. The summed E-state index contributed by atoms with van der Waals surface area (Å²) in [6.45, 7) is 32.3. The van der Waals surface area contributed by atoms with Crippen molar-refractivity contribution < 1.29 is 48.3 Å². The van der Waals surface area contributed by atoms with Gasteiger partial charge in [-0.15, -0.1) is 0 Å². The van der Waals surface area contributed by atoms with Gasteiger partial charge < -0.3 is 49.0 Å². The highest BCUT2D eigenvalue weighted by Gasteiger charge is 2.66. The number of allylic oxidation sites excluding steroid dienone is 3. The van der Waals surface area contributed by atoms with Crippen LogP contribution in [0.2, 0.25) is 0 Å². The quantitative estimate of drug-likeness (QED) is 0.250. The van der Waals surface area contributed by atoms with Crippen molar-refractivity contribution in [3.8, 4) is 0 Å². The molecular weight excluding hydrogens is 1400 g/mol. The van der Waals surface area contributed by atoms with Crippen LogP contribution in [0.5, 0.6) is 0 Å². The van der Waals surface area contributed by atoms with Crippen LogP contribution >= 0.6 is 0 Å². The predicted molar refractivity (Wildman–Crippen MR) is 444 cm³/mol. The molecular formula is C100H145N3O10. The molecule has 0 bridgehead atoms. The van der Waals surface area contributed by atoms with E-state index >= 15 is 0 Å².